The smallest absolute Gasteiger partial charge is 0.251 e. The molecular weight excluding hydrogens is 333 g/mol. The molecule has 0 saturated heterocycles. The fraction of sp³-hybridized carbons (Fsp3) is 0.588. The van der Waals surface area contributed by atoms with E-state index >= 15 is 0 Å². The molecule has 0 aromatic heterocycles. The molecule has 0 atom stereocenters. The molecule has 1 aliphatic rings. The van der Waals surface area contributed by atoms with Gasteiger partial charge in [0.2, 0.25) is 0 Å². The molecule has 6 heteroatoms. The van der Waals surface area contributed by atoms with Crippen LogP contribution >= 0.6 is 24.8 Å². The first-order valence-electron chi connectivity index (χ1n) is 7.85. The van der Waals surface area contributed by atoms with Gasteiger partial charge in [-0.3, -0.25) is 9.69 Å². The summed E-state index contributed by atoms with van der Waals surface area (Å²) in [6.07, 6.45) is 0. The summed E-state index contributed by atoms with van der Waals surface area (Å²) < 4.78 is 0. The second kappa shape index (κ2) is 10.1. The lowest BCUT2D eigenvalue weighted by atomic mass is 10.1. The van der Waals surface area contributed by atoms with Crippen LogP contribution in [-0.2, 0) is 13.1 Å². The molecule has 1 amide bonds. The molecule has 2 N–H and O–H groups in total. The second-order valence-electron chi connectivity index (χ2n) is 6.27. The van der Waals surface area contributed by atoms with Crippen LogP contribution in [0.2, 0.25) is 0 Å². The minimum absolute atomic E-state index is 0. The Morgan fingerprint density at radius 3 is 2.35 bits per heavy atom. The minimum atomic E-state index is 0. The summed E-state index contributed by atoms with van der Waals surface area (Å²) in [7, 11) is 0. The largest absolute Gasteiger partial charge is 0.351 e. The molecule has 1 aromatic carbocycles. The first-order valence-corrected chi connectivity index (χ1v) is 7.85. The maximum absolute atomic E-state index is 12.2. The third-order valence-corrected chi connectivity index (χ3v) is 4.08. The number of nitrogens with zero attached hydrogens (tertiary/aromatic N) is 1. The van der Waals surface area contributed by atoms with Crippen molar-refractivity contribution in [1.29, 1.82) is 0 Å². The average molecular weight is 362 g/mol. The van der Waals surface area contributed by atoms with E-state index in [2.05, 4.69) is 49.3 Å². The first-order chi connectivity index (χ1) is 9.99. The highest BCUT2D eigenvalue weighted by Crippen LogP contribution is 2.16. The highest BCUT2D eigenvalue weighted by atomic mass is 35.5. The lowest BCUT2D eigenvalue weighted by Gasteiger charge is -2.30. The van der Waals surface area contributed by atoms with Crippen LogP contribution < -0.4 is 10.6 Å². The molecule has 0 radical (unpaired) electrons. The molecule has 0 fully saturated rings. The van der Waals surface area contributed by atoms with E-state index in [9.17, 15) is 4.79 Å². The zero-order valence-electron chi connectivity index (χ0n) is 14.4. The fourth-order valence-corrected chi connectivity index (χ4v) is 2.95. The highest BCUT2D eigenvalue weighted by Gasteiger charge is 2.15. The van der Waals surface area contributed by atoms with Gasteiger partial charge in [-0.15, -0.1) is 24.8 Å². The van der Waals surface area contributed by atoms with Crippen LogP contribution in [0.4, 0.5) is 0 Å². The quantitative estimate of drug-likeness (QED) is 0.818. The van der Waals surface area contributed by atoms with Crippen LogP contribution in [0.5, 0.6) is 0 Å². The summed E-state index contributed by atoms with van der Waals surface area (Å²) in [6.45, 7) is 12.1. The number of halogens is 2. The molecule has 0 saturated carbocycles. The normalized spacial score (nSPS) is 12.8. The molecule has 1 heterocycles. The maximum atomic E-state index is 12.2. The Balaban J connectivity index is 0.00000242. The van der Waals surface area contributed by atoms with Crippen molar-refractivity contribution in [2.75, 3.05) is 13.1 Å². The predicted octanol–water partition coefficient (Wildman–Crippen LogP) is 2.98. The van der Waals surface area contributed by atoms with Gasteiger partial charge in [0, 0.05) is 43.8 Å². The number of hydrogen-bond acceptors (Lipinski definition) is 3. The summed E-state index contributed by atoms with van der Waals surface area (Å²) in [6, 6.07) is 6.97. The van der Waals surface area contributed by atoms with Crippen molar-refractivity contribution in [3.8, 4) is 0 Å². The van der Waals surface area contributed by atoms with Gasteiger partial charge in [-0.1, -0.05) is 6.07 Å². The summed E-state index contributed by atoms with van der Waals surface area (Å²) in [5, 5.41) is 6.33. The molecule has 0 aliphatic carbocycles. The number of carbonyl (C=O) groups is 1. The van der Waals surface area contributed by atoms with Crippen molar-refractivity contribution >= 4 is 30.7 Å². The van der Waals surface area contributed by atoms with Crippen molar-refractivity contribution in [3.63, 3.8) is 0 Å². The van der Waals surface area contributed by atoms with Crippen molar-refractivity contribution in [1.82, 2.24) is 15.5 Å². The van der Waals surface area contributed by atoms with Crippen LogP contribution in [0, 0.1) is 0 Å². The zero-order valence-corrected chi connectivity index (χ0v) is 16.0. The Labute approximate surface area is 152 Å². The number of carbonyl (C=O) groups excluding carboxylic acids is 1. The number of nitrogens with one attached hydrogen (secondary N) is 2. The van der Waals surface area contributed by atoms with Crippen molar-refractivity contribution in [3.05, 3.63) is 34.9 Å². The Kier molecular flexibility index (Phi) is 9.78. The highest BCUT2D eigenvalue weighted by molar-refractivity contribution is 5.94. The number of fused-ring (bicyclic) bond motifs is 1. The minimum Gasteiger partial charge on any atom is -0.351 e. The molecule has 1 aromatic rings. The van der Waals surface area contributed by atoms with Gasteiger partial charge in [-0.05, 0) is 51.0 Å². The summed E-state index contributed by atoms with van der Waals surface area (Å²) in [4.78, 5) is 14.6. The van der Waals surface area contributed by atoms with E-state index in [0.29, 0.717) is 18.6 Å². The second-order valence-corrected chi connectivity index (χ2v) is 6.27. The van der Waals surface area contributed by atoms with E-state index in [1.807, 2.05) is 12.1 Å². The van der Waals surface area contributed by atoms with Crippen LogP contribution in [0.1, 0.15) is 49.2 Å². The van der Waals surface area contributed by atoms with Gasteiger partial charge in [0.05, 0.1) is 0 Å². The van der Waals surface area contributed by atoms with E-state index in [1.54, 1.807) is 0 Å². The van der Waals surface area contributed by atoms with Gasteiger partial charge >= 0.3 is 0 Å². The van der Waals surface area contributed by atoms with Gasteiger partial charge in [0.1, 0.15) is 0 Å². The molecule has 1 aliphatic heterocycles. The SMILES string of the molecule is CC(C)N(CCNC(=O)c1ccc2c(c1)CNC2)C(C)C.Cl.Cl. The number of benzene rings is 1. The molecule has 0 bridgehead atoms. The molecule has 132 valence electrons. The van der Waals surface area contributed by atoms with E-state index < -0.39 is 0 Å². The van der Waals surface area contributed by atoms with Crippen LogP contribution in [0.3, 0.4) is 0 Å². The Hall–Kier alpha value is -0.810. The number of rotatable bonds is 6. The summed E-state index contributed by atoms with van der Waals surface area (Å²) >= 11 is 0. The topological polar surface area (TPSA) is 44.4 Å². The monoisotopic (exact) mass is 361 g/mol. The third kappa shape index (κ3) is 5.96. The first kappa shape index (κ1) is 22.2. The predicted molar refractivity (Wildman–Crippen MR) is 101 cm³/mol. The van der Waals surface area contributed by atoms with Crippen molar-refractivity contribution < 1.29 is 4.79 Å². The lowest BCUT2D eigenvalue weighted by molar-refractivity contribution is 0.0939. The average Bonchev–Trinajstić information content (AvgIpc) is 2.89. The maximum Gasteiger partial charge on any atom is 0.251 e. The molecular formula is C17H29Cl2N3O. The summed E-state index contributed by atoms with van der Waals surface area (Å²) in [5.41, 5.74) is 3.31. The van der Waals surface area contributed by atoms with E-state index in [1.165, 1.54) is 11.1 Å². The van der Waals surface area contributed by atoms with E-state index in [4.69, 9.17) is 0 Å². The summed E-state index contributed by atoms with van der Waals surface area (Å²) in [5.74, 6) is 0.0252. The zero-order chi connectivity index (χ0) is 15.4. The van der Waals surface area contributed by atoms with Gasteiger partial charge < -0.3 is 10.6 Å². The molecule has 4 nitrogen and oxygen atoms in total. The van der Waals surface area contributed by atoms with Crippen molar-refractivity contribution in [2.24, 2.45) is 0 Å². The van der Waals surface area contributed by atoms with E-state index in [-0.39, 0.29) is 30.7 Å². The lowest BCUT2D eigenvalue weighted by Crippen LogP contribution is -2.42. The number of amides is 1. The van der Waals surface area contributed by atoms with Gasteiger partial charge in [0.25, 0.3) is 5.91 Å². The van der Waals surface area contributed by atoms with Crippen LogP contribution in [0.15, 0.2) is 18.2 Å². The fourth-order valence-electron chi connectivity index (χ4n) is 2.95. The van der Waals surface area contributed by atoms with Crippen molar-refractivity contribution in [2.45, 2.75) is 52.9 Å². The number of hydrogen-bond donors (Lipinski definition) is 2. The Morgan fingerprint density at radius 1 is 1.13 bits per heavy atom. The van der Waals surface area contributed by atoms with Gasteiger partial charge in [0.15, 0.2) is 0 Å². The van der Waals surface area contributed by atoms with E-state index in [0.717, 1.165) is 25.2 Å². The molecule has 2 rings (SSSR count). The van der Waals surface area contributed by atoms with Crippen LogP contribution in [-0.4, -0.2) is 36.0 Å². The Morgan fingerprint density at radius 2 is 1.74 bits per heavy atom. The van der Waals surface area contributed by atoms with Gasteiger partial charge in [-0.25, -0.2) is 0 Å². The molecule has 0 unspecified atom stereocenters. The molecule has 0 spiro atoms. The van der Waals surface area contributed by atoms with Crippen LogP contribution in [0.25, 0.3) is 0 Å². The Bertz CT molecular complexity index is 499. The standard InChI is InChI=1S/C17H27N3O.2ClH/c1-12(2)20(13(3)4)8-7-19-17(21)14-5-6-15-10-18-11-16(15)9-14;;/h5-6,9,12-13,18H,7-8,10-11H2,1-4H3,(H,19,21);2*1H. The van der Waals surface area contributed by atoms with Gasteiger partial charge in [-0.2, -0.15) is 0 Å². The molecule has 23 heavy (non-hydrogen) atoms. The third-order valence-electron chi connectivity index (χ3n) is 4.08.